The van der Waals surface area contributed by atoms with Crippen LogP contribution in [0.25, 0.3) is 0 Å². The molecule has 0 spiro atoms. The van der Waals surface area contributed by atoms with Crippen LogP contribution < -0.4 is 5.32 Å². The van der Waals surface area contributed by atoms with Crippen molar-refractivity contribution in [3.05, 3.63) is 29.6 Å². The molecule has 1 aliphatic rings. The Morgan fingerprint density at radius 1 is 1.40 bits per heavy atom. The van der Waals surface area contributed by atoms with E-state index in [1.165, 1.54) is 12.1 Å². The summed E-state index contributed by atoms with van der Waals surface area (Å²) < 4.78 is 13.0. The molecule has 1 aliphatic carbocycles. The Kier molecular flexibility index (Phi) is 4.57. The van der Waals surface area contributed by atoms with Crippen LogP contribution in [-0.2, 0) is 4.79 Å². The first-order valence-electron chi connectivity index (χ1n) is 6.76. The lowest BCUT2D eigenvalue weighted by molar-refractivity contribution is -0.143. The lowest BCUT2D eigenvalue weighted by Crippen LogP contribution is -2.25. The SMILES string of the molecule is N#Cc1cc(F)ccc1NCC1CCC(C(=O)O)CC1. The zero-order valence-corrected chi connectivity index (χ0v) is 11.1. The predicted octanol–water partition coefficient (Wildman–Crippen LogP) is 3.00. The van der Waals surface area contributed by atoms with Crippen LogP contribution in [0.4, 0.5) is 10.1 Å². The third kappa shape index (κ3) is 3.47. The monoisotopic (exact) mass is 276 g/mol. The van der Waals surface area contributed by atoms with E-state index in [1.807, 2.05) is 6.07 Å². The van der Waals surface area contributed by atoms with Crippen molar-refractivity contribution < 1.29 is 14.3 Å². The number of carbonyl (C=O) groups is 1. The van der Waals surface area contributed by atoms with Crippen LogP contribution in [0.5, 0.6) is 0 Å². The molecule has 1 aromatic carbocycles. The highest BCUT2D eigenvalue weighted by atomic mass is 19.1. The molecule has 0 bridgehead atoms. The zero-order chi connectivity index (χ0) is 14.5. The molecule has 0 saturated heterocycles. The summed E-state index contributed by atoms with van der Waals surface area (Å²) in [4.78, 5) is 10.9. The number of nitriles is 1. The van der Waals surface area contributed by atoms with E-state index in [1.54, 1.807) is 6.07 Å². The molecule has 0 aromatic heterocycles. The number of halogens is 1. The summed E-state index contributed by atoms with van der Waals surface area (Å²) in [7, 11) is 0. The zero-order valence-electron chi connectivity index (χ0n) is 11.1. The number of rotatable bonds is 4. The molecule has 1 saturated carbocycles. The smallest absolute Gasteiger partial charge is 0.306 e. The van der Waals surface area contributed by atoms with Gasteiger partial charge in [-0.1, -0.05) is 0 Å². The van der Waals surface area contributed by atoms with E-state index in [4.69, 9.17) is 10.4 Å². The van der Waals surface area contributed by atoms with E-state index in [9.17, 15) is 9.18 Å². The van der Waals surface area contributed by atoms with Gasteiger partial charge >= 0.3 is 5.97 Å². The van der Waals surface area contributed by atoms with Crippen molar-refractivity contribution in [2.45, 2.75) is 25.7 Å². The van der Waals surface area contributed by atoms with Crippen molar-refractivity contribution in [2.24, 2.45) is 11.8 Å². The van der Waals surface area contributed by atoms with E-state index in [0.29, 0.717) is 36.6 Å². The van der Waals surface area contributed by atoms with Gasteiger partial charge in [-0.3, -0.25) is 4.79 Å². The highest BCUT2D eigenvalue weighted by molar-refractivity contribution is 5.70. The Balaban J connectivity index is 1.88. The summed E-state index contributed by atoms with van der Waals surface area (Å²) in [5.74, 6) is -0.940. The number of anilines is 1. The Morgan fingerprint density at radius 2 is 2.10 bits per heavy atom. The maximum absolute atomic E-state index is 13.0. The third-order valence-electron chi connectivity index (χ3n) is 3.88. The normalized spacial score (nSPS) is 22.0. The van der Waals surface area contributed by atoms with Gasteiger partial charge in [0.05, 0.1) is 17.2 Å². The second kappa shape index (κ2) is 6.38. The molecule has 5 heteroatoms. The van der Waals surface area contributed by atoms with Crippen molar-refractivity contribution >= 4 is 11.7 Å². The largest absolute Gasteiger partial charge is 0.481 e. The number of carboxylic acids is 1. The van der Waals surface area contributed by atoms with Crippen molar-refractivity contribution in [1.29, 1.82) is 5.26 Å². The molecule has 0 aliphatic heterocycles. The molecular formula is C15H17FN2O2. The summed E-state index contributed by atoms with van der Waals surface area (Å²) in [6.45, 7) is 0.687. The first-order chi connectivity index (χ1) is 9.60. The van der Waals surface area contributed by atoms with Crippen LogP contribution >= 0.6 is 0 Å². The number of aliphatic carboxylic acids is 1. The van der Waals surface area contributed by atoms with Crippen molar-refractivity contribution in [3.8, 4) is 6.07 Å². The van der Waals surface area contributed by atoms with Gasteiger partial charge in [-0.05, 0) is 49.8 Å². The molecular weight excluding hydrogens is 259 g/mol. The molecule has 20 heavy (non-hydrogen) atoms. The quantitative estimate of drug-likeness (QED) is 0.886. The molecule has 1 fully saturated rings. The average Bonchev–Trinajstić information content (AvgIpc) is 2.46. The molecule has 2 N–H and O–H groups in total. The fraction of sp³-hybridized carbons (Fsp3) is 0.467. The van der Waals surface area contributed by atoms with E-state index >= 15 is 0 Å². The first kappa shape index (κ1) is 14.3. The number of nitrogens with zero attached hydrogens (tertiary/aromatic N) is 1. The maximum atomic E-state index is 13.0. The summed E-state index contributed by atoms with van der Waals surface area (Å²) in [5.41, 5.74) is 0.929. The Morgan fingerprint density at radius 3 is 2.70 bits per heavy atom. The van der Waals surface area contributed by atoms with E-state index < -0.39 is 11.8 Å². The van der Waals surface area contributed by atoms with Gasteiger partial charge in [0.1, 0.15) is 11.9 Å². The van der Waals surface area contributed by atoms with Crippen molar-refractivity contribution in [3.63, 3.8) is 0 Å². The highest BCUT2D eigenvalue weighted by Gasteiger charge is 2.25. The molecule has 0 heterocycles. The van der Waals surface area contributed by atoms with Crippen LogP contribution in [0.3, 0.4) is 0 Å². The minimum absolute atomic E-state index is 0.216. The number of hydrogen-bond donors (Lipinski definition) is 2. The Labute approximate surface area is 117 Å². The van der Waals surface area contributed by atoms with E-state index in [-0.39, 0.29) is 5.92 Å². The second-order valence-electron chi connectivity index (χ2n) is 5.24. The minimum atomic E-state index is -0.707. The summed E-state index contributed by atoms with van der Waals surface area (Å²) in [6.07, 6.45) is 3.15. The first-order valence-corrected chi connectivity index (χ1v) is 6.76. The van der Waals surface area contributed by atoms with Gasteiger partial charge in [-0.25, -0.2) is 4.39 Å². The minimum Gasteiger partial charge on any atom is -0.481 e. The van der Waals surface area contributed by atoms with Gasteiger partial charge in [-0.2, -0.15) is 5.26 Å². The molecule has 1 aromatic rings. The fourth-order valence-corrected chi connectivity index (χ4v) is 2.63. The summed E-state index contributed by atoms with van der Waals surface area (Å²) in [5, 5.41) is 21.1. The van der Waals surface area contributed by atoms with Gasteiger partial charge in [0.15, 0.2) is 0 Å². The number of carboxylic acid groups (broad SMARTS) is 1. The second-order valence-corrected chi connectivity index (χ2v) is 5.24. The number of nitrogens with one attached hydrogen (secondary N) is 1. The van der Waals surface area contributed by atoms with Gasteiger partial charge < -0.3 is 10.4 Å². The fourth-order valence-electron chi connectivity index (χ4n) is 2.63. The lowest BCUT2D eigenvalue weighted by atomic mass is 9.82. The molecule has 4 nitrogen and oxygen atoms in total. The van der Waals surface area contributed by atoms with Gasteiger partial charge in [-0.15, -0.1) is 0 Å². The highest BCUT2D eigenvalue weighted by Crippen LogP contribution is 2.29. The topological polar surface area (TPSA) is 73.1 Å². The Bertz CT molecular complexity index is 531. The van der Waals surface area contributed by atoms with E-state index in [2.05, 4.69) is 5.32 Å². The van der Waals surface area contributed by atoms with Crippen molar-refractivity contribution in [1.82, 2.24) is 0 Å². The summed E-state index contributed by atoms with van der Waals surface area (Å²) >= 11 is 0. The molecule has 106 valence electrons. The van der Waals surface area contributed by atoms with Crippen molar-refractivity contribution in [2.75, 3.05) is 11.9 Å². The third-order valence-corrected chi connectivity index (χ3v) is 3.88. The molecule has 0 radical (unpaired) electrons. The summed E-state index contributed by atoms with van der Waals surface area (Å²) in [6, 6.07) is 6.07. The average molecular weight is 276 g/mol. The Hall–Kier alpha value is -2.09. The maximum Gasteiger partial charge on any atom is 0.306 e. The molecule has 0 atom stereocenters. The van der Waals surface area contributed by atoms with Gasteiger partial charge in [0.2, 0.25) is 0 Å². The van der Waals surface area contributed by atoms with Crippen LogP contribution in [0.1, 0.15) is 31.2 Å². The van der Waals surface area contributed by atoms with E-state index in [0.717, 1.165) is 12.8 Å². The van der Waals surface area contributed by atoms with Crippen LogP contribution in [0.15, 0.2) is 18.2 Å². The molecule has 0 unspecified atom stereocenters. The van der Waals surface area contributed by atoms with Gasteiger partial charge in [0, 0.05) is 6.54 Å². The molecule has 2 rings (SSSR count). The van der Waals surface area contributed by atoms with Crippen LogP contribution in [-0.4, -0.2) is 17.6 Å². The van der Waals surface area contributed by atoms with Gasteiger partial charge in [0.25, 0.3) is 0 Å². The van der Waals surface area contributed by atoms with Crippen LogP contribution in [0.2, 0.25) is 0 Å². The van der Waals surface area contributed by atoms with Crippen LogP contribution in [0, 0.1) is 29.0 Å². The standard InChI is InChI=1S/C15H17FN2O2/c16-13-5-6-14(12(7-13)8-17)18-9-10-1-3-11(4-2-10)15(19)20/h5-7,10-11,18H,1-4,9H2,(H,19,20). The lowest BCUT2D eigenvalue weighted by Gasteiger charge is -2.26. The number of benzene rings is 1. The molecule has 0 amide bonds. The number of hydrogen-bond acceptors (Lipinski definition) is 3. The predicted molar refractivity (Wildman–Crippen MR) is 72.7 cm³/mol.